The molecule has 21 heavy (non-hydrogen) atoms. The SMILES string of the molecule is CN1C(=O)[C@@H]2O[C@@H](c3ccccc3)[C@H]1C2c1ccccc1. The van der Waals surface area contributed by atoms with Gasteiger partial charge in [0.15, 0.2) is 0 Å². The van der Waals surface area contributed by atoms with Gasteiger partial charge in [0.05, 0.1) is 6.04 Å². The minimum atomic E-state index is -0.354. The first kappa shape index (κ1) is 12.6. The Balaban J connectivity index is 1.75. The molecule has 4 rings (SSSR count). The highest BCUT2D eigenvalue weighted by atomic mass is 16.5. The summed E-state index contributed by atoms with van der Waals surface area (Å²) >= 11 is 0. The van der Waals surface area contributed by atoms with Gasteiger partial charge in [0.25, 0.3) is 5.91 Å². The number of rotatable bonds is 2. The highest BCUT2D eigenvalue weighted by molar-refractivity contribution is 5.86. The summed E-state index contributed by atoms with van der Waals surface area (Å²) in [6.45, 7) is 0. The van der Waals surface area contributed by atoms with E-state index in [1.54, 1.807) is 0 Å². The van der Waals surface area contributed by atoms with Crippen molar-refractivity contribution in [1.82, 2.24) is 4.90 Å². The average molecular weight is 279 g/mol. The first-order chi connectivity index (χ1) is 10.3. The summed E-state index contributed by atoms with van der Waals surface area (Å²) in [7, 11) is 1.89. The van der Waals surface area contributed by atoms with Gasteiger partial charge in [-0.05, 0) is 11.1 Å². The Labute approximate surface area is 124 Å². The zero-order valence-electron chi connectivity index (χ0n) is 11.8. The average Bonchev–Trinajstić information content (AvgIpc) is 3.04. The molecule has 2 aromatic rings. The molecular formula is C18H17NO2. The van der Waals surface area contributed by atoms with Crippen LogP contribution in [0, 0.1) is 0 Å². The Morgan fingerprint density at radius 2 is 1.43 bits per heavy atom. The largest absolute Gasteiger partial charge is 0.358 e. The quantitative estimate of drug-likeness (QED) is 0.846. The predicted molar refractivity (Wildman–Crippen MR) is 79.8 cm³/mol. The van der Waals surface area contributed by atoms with E-state index in [1.807, 2.05) is 48.3 Å². The van der Waals surface area contributed by atoms with Gasteiger partial charge >= 0.3 is 0 Å². The molecule has 2 fully saturated rings. The maximum absolute atomic E-state index is 12.3. The van der Waals surface area contributed by atoms with Crippen LogP contribution in [0.25, 0.3) is 0 Å². The number of morpholine rings is 1. The highest BCUT2D eigenvalue weighted by Gasteiger charge is 2.58. The molecular weight excluding hydrogens is 262 g/mol. The Kier molecular flexibility index (Phi) is 2.82. The second kappa shape index (κ2) is 4.71. The fraction of sp³-hybridized carbons (Fsp3) is 0.278. The number of likely N-dealkylation sites (tertiary alicyclic amines) is 1. The fourth-order valence-electron chi connectivity index (χ4n) is 3.66. The maximum Gasteiger partial charge on any atom is 0.252 e. The lowest BCUT2D eigenvalue weighted by atomic mass is 9.88. The molecule has 2 aromatic carbocycles. The van der Waals surface area contributed by atoms with Gasteiger partial charge in [-0.25, -0.2) is 0 Å². The van der Waals surface area contributed by atoms with E-state index < -0.39 is 0 Å². The van der Waals surface area contributed by atoms with Crippen molar-refractivity contribution in [3.63, 3.8) is 0 Å². The zero-order valence-corrected chi connectivity index (χ0v) is 11.8. The normalized spacial score (nSPS) is 30.9. The molecule has 0 aliphatic carbocycles. The van der Waals surface area contributed by atoms with E-state index in [-0.39, 0.29) is 30.1 Å². The van der Waals surface area contributed by atoms with Crippen molar-refractivity contribution in [2.75, 3.05) is 7.05 Å². The lowest BCUT2D eigenvalue weighted by molar-refractivity contribution is -0.148. The van der Waals surface area contributed by atoms with Crippen molar-refractivity contribution in [3.8, 4) is 0 Å². The number of ether oxygens (including phenoxy) is 1. The fourth-order valence-corrected chi connectivity index (χ4v) is 3.66. The van der Waals surface area contributed by atoms with E-state index in [0.29, 0.717) is 0 Å². The highest BCUT2D eigenvalue weighted by Crippen LogP contribution is 2.50. The molecule has 1 unspecified atom stereocenters. The number of carbonyl (C=O) groups is 1. The Morgan fingerprint density at radius 3 is 2.05 bits per heavy atom. The van der Waals surface area contributed by atoms with Gasteiger partial charge < -0.3 is 9.64 Å². The standard InChI is InChI=1S/C18H17NO2/c1-19-15-14(12-8-4-2-5-9-12)17(18(19)20)21-16(15)13-10-6-3-7-11-13/h2-11,14-17H,1H3/t14?,15-,16+,17-/m1/s1. The summed E-state index contributed by atoms with van der Waals surface area (Å²) in [6, 6.07) is 20.5. The summed E-state index contributed by atoms with van der Waals surface area (Å²) in [6.07, 6.45) is -0.392. The van der Waals surface area contributed by atoms with Gasteiger partial charge in [-0.3, -0.25) is 4.79 Å². The third kappa shape index (κ3) is 1.81. The van der Waals surface area contributed by atoms with Crippen LogP contribution in [0.2, 0.25) is 0 Å². The third-order valence-corrected chi connectivity index (χ3v) is 4.65. The number of benzene rings is 2. The molecule has 0 aromatic heterocycles. The summed E-state index contributed by atoms with van der Waals surface area (Å²) < 4.78 is 6.10. The first-order valence-corrected chi connectivity index (χ1v) is 7.29. The summed E-state index contributed by atoms with van der Waals surface area (Å²) in [5.41, 5.74) is 2.33. The molecule has 106 valence electrons. The molecule has 4 atom stereocenters. The van der Waals surface area contributed by atoms with E-state index in [4.69, 9.17) is 4.74 Å². The lowest BCUT2D eigenvalue weighted by Crippen LogP contribution is -2.40. The summed E-state index contributed by atoms with van der Waals surface area (Å²) in [5.74, 6) is 0.218. The zero-order chi connectivity index (χ0) is 14.4. The number of hydrogen-bond donors (Lipinski definition) is 0. The number of fused-ring (bicyclic) bond motifs is 2. The van der Waals surface area contributed by atoms with Crippen LogP contribution in [-0.2, 0) is 9.53 Å². The van der Waals surface area contributed by atoms with Crippen molar-refractivity contribution >= 4 is 5.91 Å². The molecule has 0 N–H and O–H groups in total. The number of nitrogens with zero attached hydrogens (tertiary/aromatic N) is 1. The Bertz CT molecular complexity index is 655. The summed E-state index contributed by atoms with van der Waals surface area (Å²) in [4.78, 5) is 14.2. The van der Waals surface area contributed by atoms with Gasteiger partial charge in [0.1, 0.15) is 12.2 Å². The molecule has 0 spiro atoms. The van der Waals surface area contributed by atoms with Gasteiger partial charge in [-0.2, -0.15) is 0 Å². The van der Waals surface area contributed by atoms with Crippen LogP contribution >= 0.6 is 0 Å². The number of likely N-dealkylation sites (N-methyl/N-ethyl adjacent to an activating group) is 1. The van der Waals surface area contributed by atoms with E-state index in [1.165, 1.54) is 5.56 Å². The maximum atomic E-state index is 12.3. The minimum absolute atomic E-state index is 0.0379. The Morgan fingerprint density at radius 1 is 0.857 bits per heavy atom. The molecule has 2 bridgehead atoms. The van der Waals surface area contributed by atoms with Crippen molar-refractivity contribution in [1.29, 1.82) is 0 Å². The van der Waals surface area contributed by atoms with Crippen LogP contribution in [0.5, 0.6) is 0 Å². The second-order valence-electron chi connectivity index (χ2n) is 5.76. The van der Waals surface area contributed by atoms with Gasteiger partial charge in [-0.1, -0.05) is 60.7 Å². The van der Waals surface area contributed by atoms with Crippen LogP contribution in [0.1, 0.15) is 23.1 Å². The molecule has 2 saturated heterocycles. The van der Waals surface area contributed by atoms with Crippen molar-refractivity contribution in [2.45, 2.75) is 24.2 Å². The van der Waals surface area contributed by atoms with E-state index in [0.717, 1.165) is 5.56 Å². The number of hydrogen-bond acceptors (Lipinski definition) is 2. The van der Waals surface area contributed by atoms with Crippen molar-refractivity contribution in [3.05, 3.63) is 71.8 Å². The van der Waals surface area contributed by atoms with Crippen LogP contribution in [0.15, 0.2) is 60.7 Å². The van der Waals surface area contributed by atoms with E-state index in [9.17, 15) is 4.79 Å². The van der Waals surface area contributed by atoms with E-state index in [2.05, 4.69) is 24.3 Å². The van der Waals surface area contributed by atoms with E-state index >= 15 is 0 Å². The second-order valence-corrected chi connectivity index (χ2v) is 5.76. The number of amides is 1. The van der Waals surface area contributed by atoms with Crippen LogP contribution in [0.3, 0.4) is 0 Å². The van der Waals surface area contributed by atoms with Gasteiger partial charge in [0.2, 0.25) is 0 Å². The molecule has 2 aliphatic heterocycles. The minimum Gasteiger partial charge on any atom is -0.358 e. The molecule has 0 saturated carbocycles. The molecule has 2 heterocycles. The molecule has 2 aliphatic rings. The smallest absolute Gasteiger partial charge is 0.252 e. The van der Waals surface area contributed by atoms with Crippen molar-refractivity contribution < 1.29 is 9.53 Å². The molecule has 0 radical (unpaired) electrons. The van der Waals surface area contributed by atoms with Crippen LogP contribution in [-0.4, -0.2) is 30.0 Å². The topological polar surface area (TPSA) is 29.5 Å². The summed E-state index contributed by atoms with van der Waals surface area (Å²) in [5, 5.41) is 0. The molecule has 3 nitrogen and oxygen atoms in total. The number of carbonyl (C=O) groups excluding carboxylic acids is 1. The monoisotopic (exact) mass is 279 g/mol. The Hall–Kier alpha value is -2.13. The van der Waals surface area contributed by atoms with Gasteiger partial charge in [0, 0.05) is 13.0 Å². The van der Waals surface area contributed by atoms with Crippen LogP contribution < -0.4 is 0 Å². The van der Waals surface area contributed by atoms with Crippen molar-refractivity contribution in [2.24, 2.45) is 0 Å². The predicted octanol–water partition coefficient (Wildman–Crippen LogP) is 2.75. The molecule has 3 heteroatoms. The third-order valence-electron chi connectivity index (χ3n) is 4.65. The lowest BCUT2D eigenvalue weighted by Gasteiger charge is -2.30. The van der Waals surface area contributed by atoms with Crippen LogP contribution in [0.4, 0.5) is 0 Å². The van der Waals surface area contributed by atoms with Gasteiger partial charge in [-0.15, -0.1) is 0 Å². The molecule has 1 amide bonds. The first-order valence-electron chi connectivity index (χ1n) is 7.29.